The molecule has 0 aromatic heterocycles. The third kappa shape index (κ3) is 4.59. The molecule has 1 atom stereocenters. The molecule has 1 aliphatic rings. The van der Waals surface area contributed by atoms with E-state index in [4.69, 9.17) is 10.5 Å². The number of amides is 1. The monoisotopic (exact) mass is 215 g/mol. The molecule has 0 spiro atoms. The third-order valence-corrected chi connectivity index (χ3v) is 2.63. The van der Waals surface area contributed by atoms with Gasteiger partial charge in [-0.3, -0.25) is 9.69 Å². The van der Waals surface area contributed by atoms with E-state index in [1.165, 1.54) is 0 Å². The maximum atomic E-state index is 11.4. The van der Waals surface area contributed by atoms with Crippen molar-refractivity contribution < 1.29 is 9.53 Å². The average molecular weight is 215 g/mol. The molecule has 15 heavy (non-hydrogen) atoms. The topological polar surface area (TPSA) is 67.6 Å². The Kier molecular flexibility index (Phi) is 5.60. The molecule has 0 bridgehead atoms. The van der Waals surface area contributed by atoms with Crippen LogP contribution in [0.3, 0.4) is 0 Å². The standard InChI is InChI=1S/C10H21N3O2/c1-9(8-11)10(14)12-2-3-13-4-6-15-7-5-13/h9H,2-8,11H2,1H3,(H,12,14). The third-order valence-electron chi connectivity index (χ3n) is 2.63. The Hall–Kier alpha value is -0.650. The van der Waals surface area contributed by atoms with Crippen LogP contribution in [0.5, 0.6) is 0 Å². The Morgan fingerprint density at radius 2 is 2.20 bits per heavy atom. The lowest BCUT2D eigenvalue weighted by atomic mass is 10.2. The SMILES string of the molecule is CC(CN)C(=O)NCCN1CCOCC1. The van der Waals surface area contributed by atoms with Gasteiger partial charge in [-0.15, -0.1) is 0 Å². The van der Waals surface area contributed by atoms with Crippen LogP contribution in [0.1, 0.15) is 6.92 Å². The minimum Gasteiger partial charge on any atom is -0.379 e. The molecule has 1 heterocycles. The van der Waals surface area contributed by atoms with Gasteiger partial charge in [-0.05, 0) is 0 Å². The number of hydrogen-bond acceptors (Lipinski definition) is 4. The van der Waals surface area contributed by atoms with Crippen LogP contribution in [0.4, 0.5) is 0 Å². The summed E-state index contributed by atoms with van der Waals surface area (Å²) in [7, 11) is 0. The summed E-state index contributed by atoms with van der Waals surface area (Å²) in [6, 6.07) is 0. The predicted molar refractivity (Wildman–Crippen MR) is 58.5 cm³/mol. The zero-order valence-corrected chi connectivity index (χ0v) is 9.37. The van der Waals surface area contributed by atoms with Crippen LogP contribution in [0.15, 0.2) is 0 Å². The van der Waals surface area contributed by atoms with Crippen molar-refractivity contribution in [3.05, 3.63) is 0 Å². The molecule has 0 aromatic rings. The molecule has 3 N–H and O–H groups in total. The van der Waals surface area contributed by atoms with E-state index >= 15 is 0 Å². The van der Waals surface area contributed by atoms with Crippen LogP contribution in [0.25, 0.3) is 0 Å². The summed E-state index contributed by atoms with van der Waals surface area (Å²) in [6.07, 6.45) is 0. The first-order valence-corrected chi connectivity index (χ1v) is 5.52. The Balaban J connectivity index is 2.07. The van der Waals surface area contributed by atoms with Gasteiger partial charge in [-0.25, -0.2) is 0 Å². The molecular formula is C10H21N3O2. The van der Waals surface area contributed by atoms with E-state index in [9.17, 15) is 4.79 Å². The van der Waals surface area contributed by atoms with Crippen LogP contribution in [0, 0.1) is 5.92 Å². The van der Waals surface area contributed by atoms with Gasteiger partial charge in [0.1, 0.15) is 0 Å². The van der Waals surface area contributed by atoms with Gasteiger partial charge in [0, 0.05) is 38.6 Å². The summed E-state index contributed by atoms with van der Waals surface area (Å²) in [5.41, 5.74) is 5.40. The number of carbonyl (C=O) groups excluding carboxylic acids is 1. The van der Waals surface area contributed by atoms with Gasteiger partial charge >= 0.3 is 0 Å². The molecule has 1 amide bonds. The molecule has 0 aromatic carbocycles. The molecule has 0 saturated carbocycles. The quantitative estimate of drug-likeness (QED) is 0.619. The van der Waals surface area contributed by atoms with Crippen molar-refractivity contribution in [3.8, 4) is 0 Å². The Morgan fingerprint density at radius 1 is 1.53 bits per heavy atom. The summed E-state index contributed by atoms with van der Waals surface area (Å²) in [5, 5.41) is 2.88. The molecule has 5 heteroatoms. The number of ether oxygens (including phenoxy) is 1. The fourth-order valence-electron chi connectivity index (χ4n) is 1.44. The smallest absolute Gasteiger partial charge is 0.224 e. The van der Waals surface area contributed by atoms with E-state index in [-0.39, 0.29) is 11.8 Å². The van der Waals surface area contributed by atoms with Gasteiger partial charge in [0.2, 0.25) is 5.91 Å². The summed E-state index contributed by atoms with van der Waals surface area (Å²) < 4.78 is 5.24. The molecule has 1 unspecified atom stereocenters. The van der Waals surface area contributed by atoms with Gasteiger partial charge in [0.25, 0.3) is 0 Å². The van der Waals surface area contributed by atoms with Gasteiger partial charge in [-0.2, -0.15) is 0 Å². The molecule has 5 nitrogen and oxygen atoms in total. The molecule has 1 aliphatic heterocycles. The fraction of sp³-hybridized carbons (Fsp3) is 0.900. The number of morpholine rings is 1. The van der Waals surface area contributed by atoms with Gasteiger partial charge in [0.05, 0.1) is 13.2 Å². The summed E-state index contributed by atoms with van der Waals surface area (Å²) in [6.45, 7) is 7.36. The van der Waals surface area contributed by atoms with Crippen molar-refractivity contribution in [3.63, 3.8) is 0 Å². The first-order chi connectivity index (χ1) is 7.24. The molecule has 1 rings (SSSR count). The lowest BCUT2D eigenvalue weighted by molar-refractivity contribution is -0.124. The Bertz CT molecular complexity index is 193. The molecule has 0 aliphatic carbocycles. The normalized spacial score (nSPS) is 19.9. The lowest BCUT2D eigenvalue weighted by Gasteiger charge is -2.26. The van der Waals surface area contributed by atoms with Crippen molar-refractivity contribution in [2.75, 3.05) is 45.9 Å². The zero-order chi connectivity index (χ0) is 11.1. The van der Waals surface area contributed by atoms with Crippen molar-refractivity contribution in [1.29, 1.82) is 0 Å². The van der Waals surface area contributed by atoms with Crippen molar-refractivity contribution >= 4 is 5.91 Å². The first kappa shape index (κ1) is 12.4. The number of carbonyl (C=O) groups is 1. The van der Waals surface area contributed by atoms with Crippen LogP contribution < -0.4 is 11.1 Å². The number of nitrogens with zero attached hydrogens (tertiary/aromatic N) is 1. The number of nitrogens with two attached hydrogens (primary N) is 1. The van der Waals surface area contributed by atoms with E-state index < -0.39 is 0 Å². The maximum Gasteiger partial charge on any atom is 0.224 e. The van der Waals surface area contributed by atoms with Crippen LogP contribution >= 0.6 is 0 Å². The molecule has 88 valence electrons. The predicted octanol–water partition coefficient (Wildman–Crippen LogP) is -0.970. The maximum absolute atomic E-state index is 11.4. The van der Waals surface area contributed by atoms with E-state index in [2.05, 4.69) is 10.2 Å². The highest BCUT2D eigenvalue weighted by Gasteiger charge is 2.12. The average Bonchev–Trinajstić information content (AvgIpc) is 2.29. The number of rotatable bonds is 5. The molecule has 1 fully saturated rings. The first-order valence-electron chi connectivity index (χ1n) is 5.52. The Labute approximate surface area is 90.9 Å². The largest absolute Gasteiger partial charge is 0.379 e. The summed E-state index contributed by atoms with van der Waals surface area (Å²) >= 11 is 0. The van der Waals surface area contributed by atoms with Crippen molar-refractivity contribution in [2.24, 2.45) is 11.7 Å². The second kappa shape index (κ2) is 6.76. The molecule has 1 saturated heterocycles. The van der Waals surface area contributed by atoms with Gasteiger partial charge in [-0.1, -0.05) is 6.92 Å². The number of nitrogens with one attached hydrogen (secondary N) is 1. The van der Waals surface area contributed by atoms with Crippen LogP contribution in [-0.2, 0) is 9.53 Å². The van der Waals surface area contributed by atoms with Gasteiger partial charge in [0.15, 0.2) is 0 Å². The zero-order valence-electron chi connectivity index (χ0n) is 9.37. The minimum atomic E-state index is -0.0883. The second-order valence-corrected chi connectivity index (χ2v) is 3.88. The molecular weight excluding hydrogens is 194 g/mol. The van der Waals surface area contributed by atoms with Crippen molar-refractivity contribution in [2.45, 2.75) is 6.92 Å². The highest BCUT2D eigenvalue weighted by atomic mass is 16.5. The Morgan fingerprint density at radius 3 is 2.80 bits per heavy atom. The van der Waals surface area contributed by atoms with Gasteiger partial charge < -0.3 is 15.8 Å². The highest BCUT2D eigenvalue weighted by Crippen LogP contribution is 1.95. The lowest BCUT2D eigenvalue weighted by Crippen LogP contribution is -2.42. The highest BCUT2D eigenvalue weighted by molar-refractivity contribution is 5.78. The number of hydrogen-bond donors (Lipinski definition) is 2. The fourth-order valence-corrected chi connectivity index (χ4v) is 1.44. The summed E-state index contributed by atoms with van der Waals surface area (Å²) in [5.74, 6) is -0.0413. The molecule has 0 radical (unpaired) electrons. The van der Waals surface area contributed by atoms with Crippen LogP contribution in [-0.4, -0.2) is 56.7 Å². The van der Waals surface area contributed by atoms with E-state index in [0.717, 1.165) is 32.8 Å². The minimum absolute atomic E-state index is 0.0470. The van der Waals surface area contributed by atoms with E-state index in [1.54, 1.807) is 0 Å². The summed E-state index contributed by atoms with van der Waals surface area (Å²) in [4.78, 5) is 13.7. The van der Waals surface area contributed by atoms with Crippen LogP contribution in [0.2, 0.25) is 0 Å². The van der Waals surface area contributed by atoms with E-state index in [1.807, 2.05) is 6.92 Å². The van der Waals surface area contributed by atoms with Crippen molar-refractivity contribution in [1.82, 2.24) is 10.2 Å². The second-order valence-electron chi connectivity index (χ2n) is 3.88. The van der Waals surface area contributed by atoms with E-state index in [0.29, 0.717) is 13.1 Å².